The van der Waals surface area contributed by atoms with Gasteiger partial charge in [0, 0.05) is 52.3 Å². The lowest BCUT2D eigenvalue weighted by atomic mass is 10.1. The van der Waals surface area contributed by atoms with Gasteiger partial charge >= 0.3 is 0 Å². The number of aryl methyl sites for hydroxylation is 3. The van der Waals surface area contributed by atoms with Crippen molar-refractivity contribution in [3.05, 3.63) is 66.5 Å². The molecular weight excluding hydrogens is 531 g/mol. The number of guanidine groups is 1. The molecule has 9 nitrogen and oxygen atoms in total. The molecule has 0 bridgehead atoms. The van der Waals surface area contributed by atoms with Crippen molar-refractivity contribution in [1.29, 1.82) is 0 Å². The quantitative estimate of drug-likeness (QED) is 0.272. The van der Waals surface area contributed by atoms with Crippen LogP contribution in [0.5, 0.6) is 0 Å². The van der Waals surface area contributed by atoms with Crippen molar-refractivity contribution in [3.8, 4) is 0 Å². The number of amides is 1. The fourth-order valence-corrected chi connectivity index (χ4v) is 3.97. The molecule has 0 saturated carbocycles. The van der Waals surface area contributed by atoms with Crippen LogP contribution in [0, 0.1) is 0 Å². The van der Waals surface area contributed by atoms with E-state index in [9.17, 15) is 4.79 Å². The van der Waals surface area contributed by atoms with Gasteiger partial charge in [-0.15, -0.1) is 24.0 Å². The molecule has 0 aliphatic carbocycles. The summed E-state index contributed by atoms with van der Waals surface area (Å²) in [7, 11) is 3.59. The third kappa shape index (κ3) is 6.34. The summed E-state index contributed by atoms with van der Waals surface area (Å²) in [5.41, 5.74) is 2.18. The maximum atomic E-state index is 12.7. The highest BCUT2D eigenvalue weighted by Crippen LogP contribution is 2.16. The lowest BCUT2D eigenvalue weighted by molar-refractivity contribution is -0.120. The van der Waals surface area contributed by atoms with Crippen LogP contribution in [0.1, 0.15) is 17.8 Å². The first-order valence-electron chi connectivity index (χ1n) is 10.9. The Morgan fingerprint density at radius 1 is 1.21 bits per heavy atom. The van der Waals surface area contributed by atoms with Gasteiger partial charge in [0.1, 0.15) is 12.4 Å². The van der Waals surface area contributed by atoms with E-state index in [1.165, 1.54) is 5.56 Å². The number of imidazole rings is 1. The van der Waals surface area contributed by atoms with Crippen molar-refractivity contribution >= 4 is 41.5 Å². The number of nitrogens with zero attached hydrogens (tertiary/aromatic N) is 7. The number of halogens is 1. The molecule has 3 heterocycles. The van der Waals surface area contributed by atoms with Gasteiger partial charge in [-0.1, -0.05) is 30.3 Å². The molecule has 0 unspecified atom stereocenters. The molecule has 176 valence electrons. The van der Waals surface area contributed by atoms with E-state index in [0.717, 1.165) is 30.9 Å². The van der Waals surface area contributed by atoms with Gasteiger partial charge in [0.2, 0.25) is 5.91 Å². The zero-order valence-corrected chi connectivity index (χ0v) is 21.4. The number of carbonyl (C=O) groups is 1. The van der Waals surface area contributed by atoms with Crippen LogP contribution in [-0.2, 0) is 31.4 Å². The summed E-state index contributed by atoms with van der Waals surface area (Å²) in [5, 5.41) is 7.54. The van der Waals surface area contributed by atoms with Crippen molar-refractivity contribution < 1.29 is 4.79 Å². The molecule has 0 atom stereocenters. The fraction of sp³-hybridized carbons (Fsp3) is 0.391. The number of hydrogen-bond acceptors (Lipinski definition) is 4. The van der Waals surface area contributed by atoms with Crippen LogP contribution >= 0.6 is 24.0 Å². The van der Waals surface area contributed by atoms with E-state index in [4.69, 9.17) is 0 Å². The maximum absolute atomic E-state index is 12.7. The SMILES string of the molecule is CN=C(NCc1nccn1CCCc1ccccc1)N1CCN(c2cnn(C)c2)C(=O)C1.I. The minimum Gasteiger partial charge on any atom is -0.349 e. The van der Waals surface area contributed by atoms with Crippen molar-refractivity contribution in [2.24, 2.45) is 12.0 Å². The average Bonchev–Trinajstić information content (AvgIpc) is 3.44. The molecule has 1 aliphatic heterocycles. The second-order valence-corrected chi connectivity index (χ2v) is 7.87. The summed E-state index contributed by atoms with van der Waals surface area (Å²) in [6, 6.07) is 10.5. The summed E-state index contributed by atoms with van der Waals surface area (Å²) in [5.74, 6) is 1.71. The number of piperazine rings is 1. The average molecular weight is 562 g/mol. The number of benzene rings is 1. The Hall–Kier alpha value is -2.89. The molecule has 1 aromatic carbocycles. The predicted molar refractivity (Wildman–Crippen MR) is 140 cm³/mol. The number of rotatable bonds is 7. The Bertz CT molecular complexity index is 1060. The van der Waals surface area contributed by atoms with Crippen molar-refractivity contribution in [2.75, 3.05) is 31.6 Å². The third-order valence-electron chi connectivity index (χ3n) is 5.65. The highest BCUT2D eigenvalue weighted by atomic mass is 127. The van der Waals surface area contributed by atoms with E-state index < -0.39 is 0 Å². The van der Waals surface area contributed by atoms with Crippen LogP contribution in [0.4, 0.5) is 5.69 Å². The number of anilines is 1. The molecule has 4 rings (SSSR count). The predicted octanol–water partition coefficient (Wildman–Crippen LogP) is 2.29. The minimum atomic E-state index is 0. The Morgan fingerprint density at radius 3 is 2.73 bits per heavy atom. The van der Waals surface area contributed by atoms with Crippen LogP contribution in [0.25, 0.3) is 0 Å². The van der Waals surface area contributed by atoms with E-state index in [2.05, 4.69) is 49.2 Å². The zero-order chi connectivity index (χ0) is 22.3. The summed E-state index contributed by atoms with van der Waals surface area (Å²) in [6.45, 7) is 3.04. The smallest absolute Gasteiger partial charge is 0.246 e. The summed E-state index contributed by atoms with van der Waals surface area (Å²) in [4.78, 5) is 25.4. The molecule has 33 heavy (non-hydrogen) atoms. The number of hydrogen-bond donors (Lipinski definition) is 1. The highest BCUT2D eigenvalue weighted by molar-refractivity contribution is 14.0. The molecule has 2 aromatic heterocycles. The second kappa shape index (κ2) is 11.8. The Labute approximate surface area is 211 Å². The van der Waals surface area contributed by atoms with E-state index in [0.29, 0.717) is 25.6 Å². The summed E-state index contributed by atoms with van der Waals surface area (Å²) < 4.78 is 3.88. The van der Waals surface area contributed by atoms with Crippen LogP contribution < -0.4 is 10.2 Å². The largest absolute Gasteiger partial charge is 0.349 e. The van der Waals surface area contributed by atoms with E-state index >= 15 is 0 Å². The van der Waals surface area contributed by atoms with E-state index in [-0.39, 0.29) is 36.4 Å². The molecular formula is C23H31IN8O. The van der Waals surface area contributed by atoms with Crippen LogP contribution in [-0.4, -0.2) is 62.8 Å². The van der Waals surface area contributed by atoms with Gasteiger partial charge < -0.3 is 19.7 Å². The van der Waals surface area contributed by atoms with Gasteiger partial charge in [0.15, 0.2) is 5.96 Å². The topological polar surface area (TPSA) is 83.6 Å². The number of carbonyl (C=O) groups excluding carboxylic acids is 1. The van der Waals surface area contributed by atoms with Gasteiger partial charge in [-0.05, 0) is 18.4 Å². The van der Waals surface area contributed by atoms with Gasteiger partial charge in [0.05, 0.1) is 18.4 Å². The zero-order valence-electron chi connectivity index (χ0n) is 19.1. The summed E-state index contributed by atoms with van der Waals surface area (Å²) >= 11 is 0. The normalized spacial score (nSPS) is 14.4. The van der Waals surface area contributed by atoms with E-state index in [1.54, 1.807) is 22.8 Å². The molecule has 10 heteroatoms. The first-order chi connectivity index (χ1) is 15.6. The van der Waals surface area contributed by atoms with E-state index in [1.807, 2.05) is 36.6 Å². The van der Waals surface area contributed by atoms with Crippen molar-refractivity contribution in [1.82, 2.24) is 29.5 Å². The molecule has 1 saturated heterocycles. The molecule has 1 amide bonds. The molecule has 1 fully saturated rings. The lowest BCUT2D eigenvalue weighted by Crippen LogP contribution is -2.55. The van der Waals surface area contributed by atoms with Crippen molar-refractivity contribution in [2.45, 2.75) is 25.9 Å². The van der Waals surface area contributed by atoms with Crippen LogP contribution in [0.3, 0.4) is 0 Å². The second-order valence-electron chi connectivity index (χ2n) is 7.87. The van der Waals surface area contributed by atoms with Gasteiger partial charge in [-0.25, -0.2) is 4.98 Å². The maximum Gasteiger partial charge on any atom is 0.246 e. The Kier molecular flexibility index (Phi) is 8.87. The first-order valence-corrected chi connectivity index (χ1v) is 10.9. The minimum absolute atomic E-state index is 0. The summed E-state index contributed by atoms with van der Waals surface area (Å²) in [6.07, 6.45) is 9.51. The third-order valence-corrected chi connectivity index (χ3v) is 5.65. The molecule has 0 spiro atoms. The van der Waals surface area contributed by atoms with Gasteiger partial charge in [-0.3, -0.25) is 14.5 Å². The number of aromatic nitrogens is 4. The van der Waals surface area contributed by atoms with Crippen molar-refractivity contribution in [3.63, 3.8) is 0 Å². The molecule has 3 aromatic rings. The van der Waals surface area contributed by atoms with Gasteiger partial charge in [0.25, 0.3) is 0 Å². The number of aliphatic imine (C=N–C) groups is 1. The molecule has 1 N–H and O–H groups in total. The monoisotopic (exact) mass is 562 g/mol. The highest BCUT2D eigenvalue weighted by Gasteiger charge is 2.27. The van der Waals surface area contributed by atoms with Gasteiger partial charge in [-0.2, -0.15) is 5.10 Å². The molecule has 1 aliphatic rings. The Morgan fingerprint density at radius 2 is 2.03 bits per heavy atom. The lowest BCUT2D eigenvalue weighted by Gasteiger charge is -2.35. The Balaban J connectivity index is 0.00000306. The number of nitrogens with one attached hydrogen (secondary N) is 1. The first kappa shape index (κ1) is 24.7. The van der Waals surface area contributed by atoms with Crippen LogP contribution in [0.2, 0.25) is 0 Å². The molecule has 0 radical (unpaired) electrons. The van der Waals surface area contributed by atoms with Crippen LogP contribution in [0.15, 0.2) is 60.1 Å². The standard InChI is InChI=1S/C23H30N8O.HI/c1-24-23(30-13-14-31(22(32)18-30)20-15-27-28(2)17-20)26-16-21-25-10-12-29(21)11-6-9-19-7-4-3-5-8-19;/h3-5,7-8,10,12,15,17H,6,9,11,13-14,16,18H2,1-2H3,(H,24,26);1H. The fourth-order valence-electron chi connectivity index (χ4n) is 3.97.